The minimum atomic E-state index is -3.69. The molecule has 0 amide bonds. The monoisotopic (exact) mass is 302 g/mol. The first-order chi connectivity index (χ1) is 9.97. The minimum absolute atomic E-state index is 0.181. The van der Waals surface area contributed by atoms with Crippen molar-refractivity contribution in [2.75, 3.05) is 10.5 Å². The number of sulfonamides is 1. The van der Waals surface area contributed by atoms with E-state index in [1.165, 1.54) is 6.20 Å². The normalized spacial score (nSPS) is 11.7. The molecule has 0 saturated heterocycles. The smallest absolute Gasteiger partial charge is 0.264 e. The molecule has 3 aromatic rings. The van der Waals surface area contributed by atoms with E-state index in [9.17, 15) is 8.42 Å². The van der Waals surface area contributed by atoms with Gasteiger partial charge < -0.3 is 10.7 Å². The summed E-state index contributed by atoms with van der Waals surface area (Å²) in [5.41, 5.74) is 8.02. The summed E-state index contributed by atoms with van der Waals surface area (Å²) in [6.07, 6.45) is 3.07. The maximum atomic E-state index is 12.5. The predicted molar refractivity (Wildman–Crippen MR) is 82.5 cm³/mol. The number of rotatable bonds is 3. The van der Waals surface area contributed by atoms with E-state index < -0.39 is 10.0 Å². The third-order valence-corrected chi connectivity index (χ3v) is 4.61. The number of aromatic amines is 1. The number of anilines is 2. The Morgan fingerprint density at radius 1 is 1.29 bits per heavy atom. The molecule has 0 atom stereocenters. The maximum absolute atomic E-state index is 12.5. The lowest BCUT2D eigenvalue weighted by molar-refractivity contribution is 0.602. The molecule has 0 fully saturated rings. The lowest BCUT2D eigenvalue weighted by Gasteiger charge is -2.09. The number of hydrogen-bond donors (Lipinski definition) is 3. The van der Waals surface area contributed by atoms with E-state index in [-0.39, 0.29) is 4.90 Å². The van der Waals surface area contributed by atoms with Gasteiger partial charge in [-0.25, -0.2) is 8.42 Å². The second-order valence-corrected chi connectivity index (χ2v) is 6.35. The van der Waals surface area contributed by atoms with Crippen LogP contribution in [0.25, 0.3) is 10.9 Å². The number of nitrogens with zero attached hydrogens (tertiary/aromatic N) is 1. The highest BCUT2D eigenvalue weighted by atomic mass is 32.2. The summed E-state index contributed by atoms with van der Waals surface area (Å²) in [5, 5.41) is 0.596. The molecule has 4 N–H and O–H groups in total. The van der Waals surface area contributed by atoms with E-state index in [0.717, 1.165) is 0 Å². The Hall–Kier alpha value is -2.54. The molecule has 21 heavy (non-hydrogen) atoms. The first kappa shape index (κ1) is 13.4. The van der Waals surface area contributed by atoms with Crippen LogP contribution in [0.5, 0.6) is 0 Å². The van der Waals surface area contributed by atoms with Crippen LogP contribution in [0.1, 0.15) is 5.69 Å². The van der Waals surface area contributed by atoms with Crippen LogP contribution in [-0.2, 0) is 10.0 Å². The molecule has 3 rings (SSSR count). The van der Waals surface area contributed by atoms with Gasteiger partial charge in [-0.3, -0.25) is 9.71 Å². The van der Waals surface area contributed by atoms with Gasteiger partial charge in [-0.2, -0.15) is 0 Å². The number of H-pyrrole nitrogens is 1. The van der Waals surface area contributed by atoms with Gasteiger partial charge in [0.1, 0.15) is 4.90 Å². The van der Waals surface area contributed by atoms with Crippen LogP contribution in [0, 0.1) is 6.92 Å². The summed E-state index contributed by atoms with van der Waals surface area (Å²) in [4.78, 5) is 7.17. The number of fused-ring (bicyclic) bond motifs is 1. The van der Waals surface area contributed by atoms with Gasteiger partial charge in [0, 0.05) is 29.0 Å². The highest BCUT2D eigenvalue weighted by molar-refractivity contribution is 7.93. The highest BCUT2D eigenvalue weighted by Gasteiger charge is 2.19. The van der Waals surface area contributed by atoms with Crippen LogP contribution in [0.2, 0.25) is 0 Å². The predicted octanol–water partition coefficient (Wildman–Crippen LogP) is 2.25. The molecular formula is C14H14N4O2S. The van der Waals surface area contributed by atoms with Crippen LogP contribution < -0.4 is 10.5 Å². The Morgan fingerprint density at radius 2 is 2.10 bits per heavy atom. The minimum Gasteiger partial charge on any atom is -0.399 e. The van der Waals surface area contributed by atoms with Crippen LogP contribution in [0.4, 0.5) is 11.4 Å². The number of benzene rings is 1. The third kappa shape index (κ3) is 2.43. The van der Waals surface area contributed by atoms with Crippen molar-refractivity contribution in [2.45, 2.75) is 11.8 Å². The number of nitrogen functional groups attached to an aromatic ring is 1. The van der Waals surface area contributed by atoms with Crippen molar-refractivity contribution in [1.82, 2.24) is 9.97 Å². The Kier molecular flexibility index (Phi) is 3.06. The fraction of sp³-hybridized carbons (Fsp3) is 0.0714. The Balaban J connectivity index is 2.07. The summed E-state index contributed by atoms with van der Waals surface area (Å²) in [7, 11) is -3.69. The SMILES string of the molecule is Cc1ncccc1NS(=O)(=O)c1c[nH]c2cc(N)ccc12. The fourth-order valence-electron chi connectivity index (χ4n) is 2.13. The van der Waals surface area contributed by atoms with Crippen molar-refractivity contribution in [3.63, 3.8) is 0 Å². The molecule has 2 aromatic heterocycles. The largest absolute Gasteiger partial charge is 0.399 e. The van der Waals surface area contributed by atoms with Crippen molar-refractivity contribution in [1.29, 1.82) is 0 Å². The second kappa shape index (κ2) is 4.78. The molecule has 1 aromatic carbocycles. The molecule has 6 nitrogen and oxygen atoms in total. The molecule has 7 heteroatoms. The molecule has 0 radical (unpaired) electrons. The number of aromatic nitrogens is 2. The Labute approximate surface area is 122 Å². The van der Waals surface area contributed by atoms with Crippen LogP contribution in [-0.4, -0.2) is 18.4 Å². The van der Waals surface area contributed by atoms with E-state index in [0.29, 0.717) is 28.0 Å². The lowest BCUT2D eigenvalue weighted by Crippen LogP contribution is -2.13. The molecule has 108 valence electrons. The fourth-order valence-corrected chi connectivity index (χ4v) is 3.43. The molecule has 0 saturated carbocycles. The third-order valence-electron chi connectivity index (χ3n) is 3.21. The van der Waals surface area contributed by atoms with Crippen molar-refractivity contribution >= 4 is 32.3 Å². The lowest BCUT2D eigenvalue weighted by atomic mass is 10.2. The molecule has 0 spiro atoms. The maximum Gasteiger partial charge on any atom is 0.264 e. The first-order valence-corrected chi connectivity index (χ1v) is 7.77. The summed E-state index contributed by atoms with van der Waals surface area (Å²) in [6, 6.07) is 8.41. The average Bonchev–Trinajstić information content (AvgIpc) is 2.85. The molecule has 0 bridgehead atoms. The molecule has 2 heterocycles. The van der Waals surface area contributed by atoms with Gasteiger partial charge in [0.15, 0.2) is 0 Å². The topological polar surface area (TPSA) is 101 Å². The number of nitrogens with one attached hydrogen (secondary N) is 2. The van der Waals surface area contributed by atoms with E-state index in [1.807, 2.05) is 0 Å². The van der Waals surface area contributed by atoms with Gasteiger partial charge in [0.25, 0.3) is 10.0 Å². The summed E-state index contributed by atoms with van der Waals surface area (Å²) in [6.45, 7) is 1.74. The van der Waals surface area contributed by atoms with Crippen LogP contribution in [0.3, 0.4) is 0 Å². The van der Waals surface area contributed by atoms with Gasteiger partial charge in [-0.15, -0.1) is 0 Å². The number of hydrogen-bond acceptors (Lipinski definition) is 4. The zero-order chi connectivity index (χ0) is 15.0. The van der Waals surface area contributed by atoms with Crippen molar-refractivity contribution in [3.8, 4) is 0 Å². The van der Waals surface area contributed by atoms with E-state index in [1.54, 1.807) is 43.5 Å². The van der Waals surface area contributed by atoms with E-state index >= 15 is 0 Å². The molecule has 0 aliphatic heterocycles. The zero-order valence-corrected chi connectivity index (χ0v) is 12.1. The Bertz CT molecular complexity index is 916. The average molecular weight is 302 g/mol. The van der Waals surface area contributed by atoms with Crippen molar-refractivity contribution in [2.24, 2.45) is 0 Å². The number of pyridine rings is 1. The molecular weight excluding hydrogens is 288 g/mol. The van der Waals surface area contributed by atoms with Gasteiger partial charge >= 0.3 is 0 Å². The highest BCUT2D eigenvalue weighted by Crippen LogP contribution is 2.26. The molecule has 0 aliphatic rings. The summed E-state index contributed by atoms with van der Waals surface area (Å²) in [5.74, 6) is 0. The van der Waals surface area contributed by atoms with Crippen molar-refractivity contribution in [3.05, 3.63) is 48.4 Å². The Morgan fingerprint density at radius 3 is 2.86 bits per heavy atom. The van der Waals surface area contributed by atoms with Crippen molar-refractivity contribution < 1.29 is 8.42 Å². The van der Waals surface area contributed by atoms with Crippen LogP contribution in [0.15, 0.2) is 47.6 Å². The molecule has 0 aliphatic carbocycles. The zero-order valence-electron chi connectivity index (χ0n) is 11.3. The van der Waals surface area contributed by atoms with Gasteiger partial charge in [0.2, 0.25) is 0 Å². The van der Waals surface area contributed by atoms with Gasteiger partial charge in [0.05, 0.1) is 11.4 Å². The first-order valence-electron chi connectivity index (χ1n) is 6.28. The number of nitrogens with two attached hydrogens (primary N) is 1. The quantitative estimate of drug-likeness (QED) is 0.646. The van der Waals surface area contributed by atoms with E-state index in [4.69, 9.17) is 5.73 Å². The summed E-state index contributed by atoms with van der Waals surface area (Å²) >= 11 is 0. The molecule has 0 unspecified atom stereocenters. The van der Waals surface area contributed by atoms with E-state index in [2.05, 4.69) is 14.7 Å². The van der Waals surface area contributed by atoms with Crippen LogP contribution >= 0.6 is 0 Å². The van der Waals surface area contributed by atoms with Gasteiger partial charge in [-0.1, -0.05) is 0 Å². The number of aryl methyl sites for hydroxylation is 1. The van der Waals surface area contributed by atoms with Gasteiger partial charge in [-0.05, 0) is 37.3 Å². The standard InChI is InChI=1S/C14H14N4O2S/c1-9-12(3-2-6-16-9)18-21(19,20)14-8-17-13-7-10(15)4-5-11(13)14/h2-8,17-18H,15H2,1H3. The second-order valence-electron chi connectivity index (χ2n) is 4.70. The summed E-state index contributed by atoms with van der Waals surface area (Å²) < 4.78 is 27.6.